The number of amides is 1. The van der Waals surface area contributed by atoms with Gasteiger partial charge in [-0.1, -0.05) is 36.0 Å². The molecule has 2 heterocycles. The number of thioether (sulfide) groups is 1. The van der Waals surface area contributed by atoms with Crippen molar-refractivity contribution in [2.45, 2.75) is 18.0 Å². The molecule has 0 atom stereocenters. The molecule has 0 spiro atoms. The molecule has 2 aromatic carbocycles. The van der Waals surface area contributed by atoms with Crippen molar-refractivity contribution in [2.75, 3.05) is 17.2 Å². The van der Waals surface area contributed by atoms with Crippen LogP contribution in [0.1, 0.15) is 23.2 Å². The Morgan fingerprint density at radius 1 is 1.17 bits per heavy atom. The first kappa shape index (κ1) is 19.3. The van der Waals surface area contributed by atoms with Gasteiger partial charge in [-0.05, 0) is 30.7 Å². The number of carbonyl (C=O) groups excluding carboxylic acids is 2. The number of carbonyl (C=O) groups is 2. The number of ketones is 1. The number of hydrogen-bond donors (Lipinski definition) is 0. The van der Waals surface area contributed by atoms with Crippen LogP contribution >= 0.6 is 11.8 Å². The second-order valence-electron chi connectivity index (χ2n) is 6.76. The Hall–Kier alpha value is -3.00. The Balaban J connectivity index is 1.47. The first-order chi connectivity index (χ1) is 14.0. The molecular formula is C21H19FN4O2S. The summed E-state index contributed by atoms with van der Waals surface area (Å²) in [6.07, 6.45) is 1.38. The fourth-order valence-electron chi connectivity index (χ4n) is 3.30. The minimum atomic E-state index is -0.371. The number of Topliss-reactive ketones (excluding diaryl/α,β-unsaturated/α-hetero) is 1. The van der Waals surface area contributed by atoms with Crippen LogP contribution in [-0.2, 0) is 11.8 Å². The Bertz CT molecular complexity index is 1080. The summed E-state index contributed by atoms with van der Waals surface area (Å²) in [5.41, 5.74) is 1.67. The fourth-order valence-corrected chi connectivity index (χ4v) is 4.11. The van der Waals surface area contributed by atoms with E-state index in [1.165, 1.54) is 17.8 Å². The van der Waals surface area contributed by atoms with Crippen molar-refractivity contribution in [3.05, 3.63) is 59.9 Å². The van der Waals surface area contributed by atoms with Crippen molar-refractivity contribution < 1.29 is 14.0 Å². The molecule has 1 saturated heterocycles. The van der Waals surface area contributed by atoms with Gasteiger partial charge in [-0.2, -0.15) is 0 Å². The number of hydrogen-bond acceptors (Lipinski definition) is 5. The maximum absolute atomic E-state index is 14.0. The summed E-state index contributed by atoms with van der Waals surface area (Å²) in [7, 11) is 1.74. The third kappa shape index (κ3) is 3.93. The van der Waals surface area contributed by atoms with Gasteiger partial charge in [-0.15, -0.1) is 10.2 Å². The minimum Gasteiger partial charge on any atom is -0.312 e. The highest BCUT2D eigenvalue weighted by molar-refractivity contribution is 7.99. The van der Waals surface area contributed by atoms with E-state index >= 15 is 0 Å². The van der Waals surface area contributed by atoms with Crippen LogP contribution in [0.3, 0.4) is 0 Å². The summed E-state index contributed by atoms with van der Waals surface area (Å²) >= 11 is 1.25. The second kappa shape index (κ2) is 8.16. The zero-order chi connectivity index (χ0) is 20.4. The molecule has 1 aliphatic heterocycles. The number of rotatable bonds is 6. The largest absolute Gasteiger partial charge is 0.312 e. The maximum Gasteiger partial charge on any atom is 0.227 e. The van der Waals surface area contributed by atoms with Gasteiger partial charge in [-0.3, -0.25) is 9.59 Å². The second-order valence-corrected chi connectivity index (χ2v) is 7.70. The van der Waals surface area contributed by atoms with Crippen LogP contribution in [0.2, 0.25) is 0 Å². The molecule has 1 aromatic heterocycles. The molecule has 0 saturated carbocycles. The van der Waals surface area contributed by atoms with E-state index in [2.05, 4.69) is 10.2 Å². The summed E-state index contributed by atoms with van der Waals surface area (Å²) in [6, 6.07) is 13.5. The van der Waals surface area contributed by atoms with Gasteiger partial charge in [0.25, 0.3) is 0 Å². The van der Waals surface area contributed by atoms with Gasteiger partial charge in [0.15, 0.2) is 16.8 Å². The molecule has 148 valence electrons. The topological polar surface area (TPSA) is 68.1 Å². The van der Waals surface area contributed by atoms with Gasteiger partial charge in [0, 0.05) is 31.3 Å². The highest BCUT2D eigenvalue weighted by Gasteiger charge is 2.22. The average Bonchev–Trinajstić information content (AvgIpc) is 3.32. The Labute approximate surface area is 171 Å². The third-order valence-electron chi connectivity index (χ3n) is 4.84. The van der Waals surface area contributed by atoms with Gasteiger partial charge >= 0.3 is 0 Å². The first-order valence-corrected chi connectivity index (χ1v) is 10.2. The maximum atomic E-state index is 14.0. The SMILES string of the molecule is Cn1c(SCC(=O)c2cccc(N3CCCC3=O)c2)nnc1-c1ccccc1F. The van der Waals surface area contributed by atoms with E-state index in [-0.39, 0.29) is 23.3 Å². The normalized spacial score (nSPS) is 13.9. The van der Waals surface area contributed by atoms with Crippen LogP contribution in [0.5, 0.6) is 0 Å². The van der Waals surface area contributed by atoms with Crippen LogP contribution < -0.4 is 4.90 Å². The van der Waals surface area contributed by atoms with Crippen LogP contribution in [-0.4, -0.2) is 38.8 Å². The summed E-state index contributed by atoms with van der Waals surface area (Å²) in [5.74, 6) is 0.222. The van der Waals surface area contributed by atoms with Crippen molar-refractivity contribution in [3.8, 4) is 11.4 Å². The van der Waals surface area contributed by atoms with Crippen LogP contribution in [0, 0.1) is 5.82 Å². The highest BCUT2D eigenvalue weighted by atomic mass is 32.2. The van der Waals surface area contributed by atoms with Crippen molar-refractivity contribution >= 4 is 29.1 Å². The van der Waals surface area contributed by atoms with Gasteiger partial charge in [-0.25, -0.2) is 4.39 Å². The molecule has 0 bridgehead atoms. The number of anilines is 1. The third-order valence-corrected chi connectivity index (χ3v) is 5.86. The lowest BCUT2D eigenvalue weighted by molar-refractivity contribution is -0.117. The van der Waals surface area contributed by atoms with E-state index in [9.17, 15) is 14.0 Å². The lowest BCUT2D eigenvalue weighted by Crippen LogP contribution is -2.23. The number of halogens is 1. The van der Waals surface area contributed by atoms with E-state index in [0.717, 1.165) is 12.1 Å². The molecule has 6 nitrogen and oxygen atoms in total. The zero-order valence-electron chi connectivity index (χ0n) is 15.8. The van der Waals surface area contributed by atoms with Gasteiger partial charge in [0.05, 0.1) is 11.3 Å². The average molecular weight is 410 g/mol. The number of benzene rings is 2. The first-order valence-electron chi connectivity index (χ1n) is 9.25. The smallest absolute Gasteiger partial charge is 0.227 e. The molecular weight excluding hydrogens is 391 g/mol. The van der Waals surface area contributed by atoms with Gasteiger partial charge < -0.3 is 9.47 Å². The molecule has 3 aromatic rings. The Morgan fingerprint density at radius 3 is 2.76 bits per heavy atom. The van der Waals surface area contributed by atoms with E-state index < -0.39 is 0 Å². The molecule has 1 amide bonds. The molecule has 0 N–H and O–H groups in total. The zero-order valence-corrected chi connectivity index (χ0v) is 16.7. The van der Waals surface area contributed by atoms with E-state index in [4.69, 9.17) is 0 Å². The van der Waals surface area contributed by atoms with Crippen LogP contribution in [0.15, 0.2) is 53.7 Å². The van der Waals surface area contributed by atoms with Crippen LogP contribution in [0.4, 0.5) is 10.1 Å². The predicted molar refractivity (Wildman–Crippen MR) is 109 cm³/mol. The monoisotopic (exact) mass is 410 g/mol. The Kier molecular flexibility index (Phi) is 5.44. The standard InChI is InChI=1S/C21H19FN4O2S/c1-25-20(16-8-2-3-9-17(16)22)23-24-21(25)29-13-18(27)14-6-4-7-15(12-14)26-11-5-10-19(26)28/h2-4,6-9,12H,5,10-11,13H2,1H3. The van der Waals surface area contributed by atoms with Crippen molar-refractivity contribution in [1.29, 1.82) is 0 Å². The molecule has 0 unspecified atom stereocenters. The summed E-state index contributed by atoms with van der Waals surface area (Å²) in [5, 5.41) is 8.69. The molecule has 0 aliphatic carbocycles. The molecule has 29 heavy (non-hydrogen) atoms. The lowest BCUT2D eigenvalue weighted by Gasteiger charge is -2.16. The number of aromatic nitrogens is 3. The van der Waals surface area contributed by atoms with E-state index in [0.29, 0.717) is 35.1 Å². The van der Waals surface area contributed by atoms with Gasteiger partial charge in [0.1, 0.15) is 5.82 Å². The predicted octanol–water partition coefficient (Wildman–Crippen LogP) is 3.72. The van der Waals surface area contributed by atoms with Crippen molar-refractivity contribution in [2.24, 2.45) is 7.05 Å². The van der Waals surface area contributed by atoms with Crippen molar-refractivity contribution in [1.82, 2.24) is 14.8 Å². The molecule has 8 heteroatoms. The Morgan fingerprint density at radius 2 is 2.00 bits per heavy atom. The van der Waals surface area contributed by atoms with E-state index in [1.807, 2.05) is 6.07 Å². The number of nitrogens with zero attached hydrogens (tertiary/aromatic N) is 4. The van der Waals surface area contributed by atoms with Crippen molar-refractivity contribution in [3.63, 3.8) is 0 Å². The van der Waals surface area contributed by atoms with E-state index in [1.54, 1.807) is 52.9 Å². The molecule has 1 fully saturated rings. The highest BCUT2D eigenvalue weighted by Crippen LogP contribution is 2.26. The van der Waals surface area contributed by atoms with Gasteiger partial charge in [0.2, 0.25) is 5.91 Å². The molecule has 1 aliphatic rings. The lowest BCUT2D eigenvalue weighted by atomic mass is 10.1. The summed E-state index contributed by atoms with van der Waals surface area (Å²) in [6.45, 7) is 0.684. The summed E-state index contributed by atoms with van der Waals surface area (Å²) in [4.78, 5) is 26.3. The quantitative estimate of drug-likeness (QED) is 0.458. The molecule has 0 radical (unpaired) electrons. The minimum absolute atomic E-state index is 0.0704. The fraction of sp³-hybridized carbons (Fsp3) is 0.238. The van der Waals surface area contributed by atoms with Crippen LogP contribution in [0.25, 0.3) is 11.4 Å². The molecule has 4 rings (SSSR count). The summed E-state index contributed by atoms with van der Waals surface area (Å²) < 4.78 is 15.7.